The Balaban J connectivity index is 2.34. The number of hydrogen-bond acceptors (Lipinski definition) is 0. The molecule has 2 rings (SSSR count). The Morgan fingerprint density at radius 1 is 1.24 bits per heavy atom. The first-order chi connectivity index (χ1) is 8.08. The van der Waals surface area contributed by atoms with Gasteiger partial charge in [-0.05, 0) is 54.0 Å². The lowest BCUT2D eigenvalue weighted by Gasteiger charge is -2.17. The Hall–Kier alpha value is -1.01. The van der Waals surface area contributed by atoms with Gasteiger partial charge in [0.1, 0.15) is 0 Å². The van der Waals surface area contributed by atoms with Gasteiger partial charge in [0.05, 0.1) is 0 Å². The second-order valence-electron chi connectivity index (χ2n) is 5.03. The highest BCUT2D eigenvalue weighted by Crippen LogP contribution is 2.30. The van der Waals surface area contributed by atoms with Crippen LogP contribution in [0.25, 0.3) is 5.57 Å². The van der Waals surface area contributed by atoms with Crippen LogP contribution < -0.4 is 0 Å². The van der Waals surface area contributed by atoms with E-state index in [0.29, 0.717) is 5.92 Å². The molecule has 1 aliphatic rings. The molecule has 0 fully saturated rings. The van der Waals surface area contributed by atoms with Crippen molar-refractivity contribution in [2.45, 2.75) is 33.6 Å². The standard InChI is InChI=1S/C16H19Cl/c1-11(2)13-5-4-6-14(10-13)15-7-8-16(17)12(3)9-15/h5,7-11H,4,6H2,1-3H3. The van der Waals surface area contributed by atoms with E-state index in [1.165, 1.54) is 16.7 Å². The molecule has 0 amide bonds. The van der Waals surface area contributed by atoms with Gasteiger partial charge in [0.2, 0.25) is 0 Å². The highest BCUT2D eigenvalue weighted by atomic mass is 35.5. The molecular formula is C16H19Cl. The number of benzene rings is 1. The number of rotatable bonds is 2. The molecule has 0 atom stereocenters. The predicted octanol–water partition coefficient (Wildman–Crippen LogP) is 5.41. The van der Waals surface area contributed by atoms with E-state index in [1.54, 1.807) is 0 Å². The zero-order chi connectivity index (χ0) is 12.4. The molecule has 0 saturated carbocycles. The van der Waals surface area contributed by atoms with E-state index in [1.807, 2.05) is 6.07 Å². The minimum Gasteiger partial charge on any atom is -0.0841 e. The minimum atomic E-state index is 0.610. The maximum absolute atomic E-state index is 6.07. The average Bonchev–Trinajstić information content (AvgIpc) is 2.33. The van der Waals surface area contributed by atoms with Crippen LogP contribution >= 0.6 is 11.6 Å². The lowest BCUT2D eigenvalue weighted by molar-refractivity contribution is 0.776. The molecule has 1 heteroatoms. The van der Waals surface area contributed by atoms with Crippen LogP contribution in [0.3, 0.4) is 0 Å². The van der Waals surface area contributed by atoms with Crippen molar-refractivity contribution in [3.63, 3.8) is 0 Å². The summed E-state index contributed by atoms with van der Waals surface area (Å²) in [7, 11) is 0. The maximum atomic E-state index is 6.07. The highest BCUT2D eigenvalue weighted by molar-refractivity contribution is 6.31. The van der Waals surface area contributed by atoms with Crippen molar-refractivity contribution in [1.29, 1.82) is 0 Å². The van der Waals surface area contributed by atoms with Crippen molar-refractivity contribution in [3.05, 3.63) is 52.1 Å². The summed E-state index contributed by atoms with van der Waals surface area (Å²) in [5.41, 5.74) is 5.37. The summed E-state index contributed by atoms with van der Waals surface area (Å²) in [6.07, 6.45) is 6.99. The van der Waals surface area contributed by atoms with Crippen molar-refractivity contribution >= 4 is 17.2 Å². The van der Waals surface area contributed by atoms with Gasteiger partial charge in [-0.2, -0.15) is 0 Å². The number of aryl methyl sites for hydroxylation is 1. The van der Waals surface area contributed by atoms with Gasteiger partial charge in [0.25, 0.3) is 0 Å². The van der Waals surface area contributed by atoms with Crippen molar-refractivity contribution in [3.8, 4) is 0 Å². The summed E-state index contributed by atoms with van der Waals surface area (Å²) in [5.74, 6) is 0.610. The summed E-state index contributed by atoms with van der Waals surface area (Å²) in [6, 6.07) is 6.32. The van der Waals surface area contributed by atoms with Gasteiger partial charge in [-0.15, -0.1) is 0 Å². The fourth-order valence-electron chi connectivity index (χ4n) is 2.20. The Morgan fingerprint density at radius 3 is 2.65 bits per heavy atom. The third-order valence-electron chi connectivity index (χ3n) is 3.33. The van der Waals surface area contributed by atoms with Gasteiger partial charge in [-0.3, -0.25) is 0 Å². The van der Waals surface area contributed by atoms with Crippen molar-refractivity contribution < 1.29 is 0 Å². The first kappa shape index (κ1) is 12.4. The number of hydrogen-bond donors (Lipinski definition) is 0. The van der Waals surface area contributed by atoms with Crippen LogP contribution in [0, 0.1) is 12.8 Å². The van der Waals surface area contributed by atoms with Crippen LogP contribution in [-0.4, -0.2) is 0 Å². The molecule has 0 nitrogen and oxygen atoms in total. The average molecular weight is 247 g/mol. The van der Waals surface area contributed by atoms with Crippen molar-refractivity contribution in [1.82, 2.24) is 0 Å². The van der Waals surface area contributed by atoms with Gasteiger partial charge >= 0.3 is 0 Å². The summed E-state index contributed by atoms with van der Waals surface area (Å²) in [4.78, 5) is 0. The van der Waals surface area contributed by atoms with Crippen LogP contribution in [0.4, 0.5) is 0 Å². The van der Waals surface area contributed by atoms with Crippen LogP contribution in [-0.2, 0) is 0 Å². The summed E-state index contributed by atoms with van der Waals surface area (Å²) < 4.78 is 0. The molecule has 17 heavy (non-hydrogen) atoms. The van der Waals surface area contributed by atoms with E-state index < -0.39 is 0 Å². The normalized spacial score (nSPS) is 15.8. The zero-order valence-electron chi connectivity index (χ0n) is 10.8. The molecule has 0 N–H and O–H groups in total. The Morgan fingerprint density at radius 2 is 2.00 bits per heavy atom. The van der Waals surface area contributed by atoms with Gasteiger partial charge in [-0.1, -0.05) is 49.7 Å². The predicted molar refractivity (Wildman–Crippen MR) is 76.3 cm³/mol. The number of allylic oxidation sites excluding steroid dienone is 4. The molecule has 0 bridgehead atoms. The van der Waals surface area contributed by atoms with Crippen LogP contribution in [0.15, 0.2) is 35.9 Å². The monoisotopic (exact) mass is 246 g/mol. The van der Waals surface area contributed by atoms with E-state index in [9.17, 15) is 0 Å². The van der Waals surface area contributed by atoms with Crippen molar-refractivity contribution in [2.75, 3.05) is 0 Å². The van der Waals surface area contributed by atoms with E-state index in [2.05, 4.69) is 45.1 Å². The molecule has 0 radical (unpaired) electrons. The largest absolute Gasteiger partial charge is 0.0841 e. The van der Waals surface area contributed by atoms with Crippen LogP contribution in [0.5, 0.6) is 0 Å². The maximum Gasteiger partial charge on any atom is 0.0435 e. The molecule has 0 aliphatic heterocycles. The zero-order valence-corrected chi connectivity index (χ0v) is 11.5. The Kier molecular flexibility index (Phi) is 3.73. The van der Waals surface area contributed by atoms with E-state index >= 15 is 0 Å². The molecule has 0 aromatic heterocycles. The minimum absolute atomic E-state index is 0.610. The molecule has 90 valence electrons. The van der Waals surface area contributed by atoms with E-state index in [-0.39, 0.29) is 0 Å². The lowest BCUT2D eigenvalue weighted by atomic mass is 9.89. The fraction of sp³-hybridized carbons (Fsp3) is 0.375. The molecule has 1 aromatic carbocycles. The smallest absolute Gasteiger partial charge is 0.0435 e. The molecule has 0 saturated heterocycles. The van der Waals surface area contributed by atoms with Gasteiger partial charge in [0, 0.05) is 5.02 Å². The fourth-order valence-corrected chi connectivity index (χ4v) is 2.32. The SMILES string of the molecule is Cc1cc(C2=CC(C(C)C)=CCC2)ccc1Cl. The molecule has 1 aliphatic carbocycles. The lowest BCUT2D eigenvalue weighted by Crippen LogP contribution is -1.98. The third-order valence-corrected chi connectivity index (χ3v) is 3.75. The second-order valence-corrected chi connectivity index (χ2v) is 5.44. The van der Waals surface area contributed by atoms with Gasteiger partial charge < -0.3 is 0 Å². The Labute approximate surface area is 109 Å². The molecule has 1 aromatic rings. The quantitative estimate of drug-likeness (QED) is 0.655. The first-order valence-corrected chi connectivity index (χ1v) is 6.63. The van der Waals surface area contributed by atoms with Gasteiger partial charge in [0.15, 0.2) is 0 Å². The van der Waals surface area contributed by atoms with E-state index in [0.717, 1.165) is 23.4 Å². The third kappa shape index (κ3) is 2.81. The van der Waals surface area contributed by atoms with E-state index in [4.69, 9.17) is 11.6 Å². The summed E-state index contributed by atoms with van der Waals surface area (Å²) in [6.45, 7) is 6.56. The molecule has 0 heterocycles. The molecule has 0 spiro atoms. The van der Waals surface area contributed by atoms with Gasteiger partial charge in [-0.25, -0.2) is 0 Å². The van der Waals surface area contributed by atoms with Crippen LogP contribution in [0.2, 0.25) is 5.02 Å². The summed E-state index contributed by atoms with van der Waals surface area (Å²) >= 11 is 6.07. The van der Waals surface area contributed by atoms with Crippen molar-refractivity contribution in [2.24, 2.45) is 5.92 Å². The highest BCUT2D eigenvalue weighted by Gasteiger charge is 2.10. The molecular weight excluding hydrogens is 228 g/mol. The second kappa shape index (κ2) is 5.10. The topological polar surface area (TPSA) is 0 Å². The Bertz CT molecular complexity index is 478. The number of halogens is 1. The first-order valence-electron chi connectivity index (χ1n) is 6.25. The summed E-state index contributed by atoms with van der Waals surface area (Å²) in [5, 5.41) is 0.852. The van der Waals surface area contributed by atoms with Crippen LogP contribution in [0.1, 0.15) is 37.8 Å². The molecule has 0 unspecified atom stereocenters.